The minimum absolute atomic E-state index is 0.00883. The number of nitrogens with zero attached hydrogens (tertiary/aromatic N) is 3. The smallest absolute Gasteiger partial charge is 0.273 e. The van der Waals surface area contributed by atoms with Gasteiger partial charge in [0.05, 0.1) is 16.7 Å². The molecule has 2 heterocycles. The van der Waals surface area contributed by atoms with Crippen LogP contribution < -0.4 is 15.0 Å². The summed E-state index contributed by atoms with van der Waals surface area (Å²) < 4.78 is 5.81. The van der Waals surface area contributed by atoms with Crippen LogP contribution in [-0.2, 0) is 0 Å². The highest BCUT2D eigenvalue weighted by Crippen LogP contribution is 2.34. The maximum Gasteiger partial charge on any atom is 0.273 e. The van der Waals surface area contributed by atoms with Crippen molar-refractivity contribution in [2.45, 2.75) is 18.9 Å². The van der Waals surface area contributed by atoms with E-state index in [0.717, 1.165) is 57.8 Å². The monoisotopic (exact) mass is 350 g/mol. The maximum absolute atomic E-state index is 11.1. The zero-order valence-electron chi connectivity index (χ0n) is 14.4. The van der Waals surface area contributed by atoms with Gasteiger partial charge in [-0.05, 0) is 18.9 Å². The van der Waals surface area contributed by atoms with E-state index in [1.54, 1.807) is 6.07 Å². The highest BCUT2D eigenvalue weighted by atomic mass is 16.6. The summed E-state index contributed by atoms with van der Waals surface area (Å²) in [6.07, 6.45) is 1.60. The third-order valence-corrected chi connectivity index (χ3v) is 4.71. The number of β-amino-alcohol motifs (C(OH)–C–C–N with tert-alkyl or cyclic N) is 1. The van der Waals surface area contributed by atoms with E-state index >= 15 is 0 Å². The van der Waals surface area contributed by atoms with Crippen LogP contribution in [0.2, 0.25) is 0 Å². The van der Waals surface area contributed by atoms with Crippen molar-refractivity contribution in [3.8, 4) is 5.75 Å². The Hall–Kier alpha value is -1.90. The lowest BCUT2D eigenvalue weighted by molar-refractivity contribution is -0.384. The quantitative estimate of drug-likeness (QED) is 0.556. The van der Waals surface area contributed by atoms with Crippen LogP contribution in [0.4, 0.5) is 11.4 Å². The van der Waals surface area contributed by atoms with Crippen molar-refractivity contribution in [2.24, 2.45) is 0 Å². The van der Waals surface area contributed by atoms with E-state index in [0.29, 0.717) is 12.3 Å². The highest BCUT2D eigenvalue weighted by molar-refractivity contribution is 5.62. The number of ether oxygens (including phenoxy) is 1. The van der Waals surface area contributed by atoms with Gasteiger partial charge in [0.1, 0.15) is 18.5 Å². The van der Waals surface area contributed by atoms with Gasteiger partial charge in [-0.1, -0.05) is 0 Å². The Bertz CT molecular complexity index is 586. The molecule has 0 bridgehead atoms. The number of non-ortho nitro benzene ring substituents is 1. The number of hydrogen-bond donors (Lipinski definition) is 2. The van der Waals surface area contributed by atoms with Gasteiger partial charge in [0.25, 0.3) is 5.69 Å². The average Bonchev–Trinajstić information content (AvgIpc) is 3.15. The molecule has 0 spiro atoms. The minimum Gasteiger partial charge on any atom is -0.488 e. The zero-order chi connectivity index (χ0) is 17.6. The summed E-state index contributed by atoms with van der Waals surface area (Å²) in [5, 5.41) is 24.6. The largest absolute Gasteiger partial charge is 0.488 e. The van der Waals surface area contributed by atoms with Gasteiger partial charge in [0.15, 0.2) is 0 Å². The van der Waals surface area contributed by atoms with E-state index in [2.05, 4.69) is 15.1 Å². The molecule has 0 amide bonds. The molecule has 1 aromatic rings. The van der Waals surface area contributed by atoms with Gasteiger partial charge in [-0.15, -0.1) is 0 Å². The second-order valence-corrected chi connectivity index (χ2v) is 6.62. The van der Waals surface area contributed by atoms with Gasteiger partial charge in [-0.25, -0.2) is 0 Å². The summed E-state index contributed by atoms with van der Waals surface area (Å²) in [6.45, 7) is 6.21. The number of aliphatic hydroxyl groups is 1. The first-order chi connectivity index (χ1) is 12.1. The van der Waals surface area contributed by atoms with E-state index in [4.69, 9.17) is 4.74 Å². The van der Waals surface area contributed by atoms with Crippen LogP contribution in [0.1, 0.15) is 12.8 Å². The molecule has 0 saturated carbocycles. The average molecular weight is 350 g/mol. The van der Waals surface area contributed by atoms with Crippen LogP contribution in [0, 0.1) is 10.1 Å². The van der Waals surface area contributed by atoms with Gasteiger partial charge < -0.3 is 20.1 Å². The third-order valence-electron chi connectivity index (χ3n) is 4.71. The second-order valence-electron chi connectivity index (χ2n) is 6.62. The topological polar surface area (TPSA) is 91.1 Å². The van der Waals surface area contributed by atoms with Crippen LogP contribution in [-0.4, -0.2) is 73.5 Å². The van der Waals surface area contributed by atoms with Crippen molar-refractivity contribution in [3.05, 3.63) is 28.3 Å². The van der Waals surface area contributed by atoms with E-state index < -0.39 is 11.0 Å². The molecule has 1 aromatic carbocycles. The first-order valence-corrected chi connectivity index (χ1v) is 8.91. The Kier molecular flexibility index (Phi) is 6.06. The first-order valence-electron chi connectivity index (χ1n) is 8.91. The standard InChI is InChI=1S/C17H26N4O4/c22-15(12-19-9-5-18-6-10-19)13-25-17-11-14(21(23)24)3-4-16(17)20-7-1-2-8-20/h3-4,11,15,18,22H,1-2,5-10,12-13H2. The van der Waals surface area contributed by atoms with Crippen molar-refractivity contribution in [1.29, 1.82) is 0 Å². The molecule has 8 heteroatoms. The molecule has 138 valence electrons. The predicted octanol–water partition coefficient (Wildman–Crippen LogP) is 0.840. The van der Waals surface area contributed by atoms with E-state index in [1.807, 2.05) is 0 Å². The number of hydrogen-bond acceptors (Lipinski definition) is 7. The molecular formula is C17H26N4O4. The Morgan fingerprint density at radius 3 is 2.64 bits per heavy atom. The van der Waals surface area contributed by atoms with Gasteiger partial charge in [0, 0.05) is 51.9 Å². The predicted molar refractivity (Wildman–Crippen MR) is 95.4 cm³/mol. The third kappa shape index (κ3) is 4.81. The SMILES string of the molecule is O=[N+]([O-])c1ccc(N2CCCC2)c(OCC(O)CN2CCNCC2)c1. The van der Waals surface area contributed by atoms with Crippen molar-refractivity contribution < 1.29 is 14.8 Å². The molecule has 25 heavy (non-hydrogen) atoms. The van der Waals surface area contributed by atoms with Gasteiger partial charge in [0.2, 0.25) is 0 Å². The fraction of sp³-hybridized carbons (Fsp3) is 0.647. The highest BCUT2D eigenvalue weighted by Gasteiger charge is 2.21. The number of rotatable bonds is 7. The van der Waals surface area contributed by atoms with E-state index in [-0.39, 0.29) is 12.3 Å². The Morgan fingerprint density at radius 1 is 1.24 bits per heavy atom. The Morgan fingerprint density at radius 2 is 1.96 bits per heavy atom. The molecule has 2 fully saturated rings. The van der Waals surface area contributed by atoms with Crippen LogP contribution >= 0.6 is 0 Å². The summed E-state index contributed by atoms with van der Waals surface area (Å²) in [6, 6.07) is 4.73. The van der Waals surface area contributed by atoms with Crippen LogP contribution in [0.15, 0.2) is 18.2 Å². The lowest BCUT2D eigenvalue weighted by Crippen LogP contribution is -2.47. The van der Waals surface area contributed by atoms with E-state index in [9.17, 15) is 15.2 Å². The van der Waals surface area contributed by atoms with Crippen LogP contribution in [0.3, 0.4) is 0 Å². The zero-order valence-corrected chi connectivity index (χ0v) is 14.4. The lowest BCUT2D eigenvalue weighted by atomic mass is 10.2. The lowest BCUT2D eigenvalue weighted by Gasteiger charge is -2.29. The number of piperazine rings is 1. The van der Waals surface area contributed by atoms with Gasteiger partial charge in [-0.3, -0.25) is 15.0 Å². The van der Waals surface area contributed by atoms with Gasteiger partial charge >= 0.3 is 0 Å². The molecule has 0 aliphatic carbocycles. The molecule has 2 saturated heterocycles. The second kappa shape index (κ2) is 8.46. The van der Waals surface area contributed by atoms with Crippen molar-refractivity contribution >= 4 is 11.4 Å². The molecule has 2 N–H and O–H groups in total. The fourth-order valence-corrected chi connectivity index (χ4v) is 3.38. The molecule has 1 atom stereocenters. The fourth-order valence-electron chi connectivity index (χ4n) is 3.38. The first kappa shape index (κ1) is 17.9. The molecule has 2 aliphatic heterocycles. The minimum atomic E-state index is -0.621. The molecular weight excluding hydrogens is 324 g/mol. The summed E-state index contributed by atoms with van der Waals surface area (Å²) in [5.74, 6) is 0.482. The maximum atomic E-state index is 11.1. The summed E-state index contributed by atoms with van der Waals surface area (Å²) in [5.41, 5.74) is 0.881. The van der Waals surface area contributed by atoms with Gasteiger partial charge in [-0.2, -0.15) is 0 Å². The number of anilines is 1. The molecule has 2 aliphatic rings. The number of aliphatic hydroxyl groups excluding tert-OH is 1. The molecule has 0 aromatic heterocycles. The normalized spacial score (nSPS) is 19.8. The summed E-state index contributed by atoms with van der Waals surface area (Å²) in [7, 11) is 0. The van der Waals surface area contributed by atoms with Crippen LogP contribution in [0.25, 0.3) is 0 Å². The van der Waals surface area contributed by atoms with Crippen LogP contribution in [0.5, 0.6) is 5.75 Å². The van der Waals surface area contributed by atoms with E-state index in [1.165, 1.54) is 12.1 Å². The number of nitrogens with one attached hydrogen (secondary N) is 1. The molecule has 0 radical (unpaired) electrons. The molecule has 8 nitrogen and oxygen atoms in total. The van der Waals surface area contributed by atoms with Crippen molar-refractivity contribution in [1.82, 2.24) is 10.2 Å². The molecule has 1 unspecified atom stereocenters. The Labute approximate surface area is 147 Å². The summed E-state index contributed by atoms with van der Waals surface area (Å²) in [4.78, 5) is 15.0. The van der Waals surface area contributed by atoms with Crippen molar-refractivity contribution in [2.75, 3.05) is 57.3 Å². The Balaban J connectivity index is 1.64. The molecule has 3 rings (SSSR count). The van der Waals surface area contributed by atoms with Crippen molar-refractivity contribution in [3.63, 3.8) is 0 Å². The summed E-state index contributed by atoms with van der Waals surface area (Å²) >= 11 is 0. The number of benzene rings is 1. The number of nitro groups is 1. The number of nitro benzene ring substituents is 1.